The number of halogens is 1. The molecule has 0 heterocycles. The Bertz CT molecular complexity index is 868. The molecule has 0 unspecified atom stereocenters. The van der Waals surface area contributed by atoms with Crippen LogP contribution in [0.3, 0.4) is 0 Å². The van der Waals surface area contributed by atoms with Crippen molar-refractivity contribution in [2.24, 2.45) is 0 Å². The average molecular weight is 388 g/mol. The number of Topliss-reactive ketones (excluding diaryl/α,β-unsaturated/α-hetero) is 1. The second-order valence-electron chi connectivity index (χ2n) is 6.21. The Morgan fingerprint density at radius 3 is 2.44 bits per heavy atom. The summed E-state index contributed by atoms with van der Waals surface area (Å²) in [6.45, 7) is 5.06. The normalized spacial score (nSPS) is 10.6. The Labute approximate surface area is 161 Å². The van der Waals surface area contributed by atoms with E-state index < -0.39 is 5.82 Å². The molecule has 2 aromatic rings. The first-order valence-electron chi connectivity index (χ1n) is 8.41. The standard InChI is InChI=1S/C20H21FN2O3S/c1-12(2)22-20(26)15-6-4-5-7-17(15)23-19(25)11-27-18-9-8-14(13(3)24)10-16(18)21/h4-10,12H,11H2,1-3H3,(H,22,26)(H,23,25). The van der Waals surface area contributed by atoms with Gasteiger partial charge in [0, 0.05) is 16.5 Å². The maximum absolute atomic E-state index is 14.0. The third-order valence-corrected chi connectivity index (χ3v) is 4.61. The summed E-state index contributed by atoms with van der Waals surface area (Å²) >= 11 is 1.02. The van der Waals surface area contributed by atoms with Gasteiger partial charge < -0.3 is 10.6 Å². The van der Waals surface area contributed by atoms with Gasteiger partial charge in [-0.2, -0.15) is 0 Å². The SMILES string of the molecule is CC(=O)c1ccc(SCC(=O)Nc2ccccc2C(=O)NC(C)C)c(F)c1. The largest absolute Gasteiger partial charge is 0.350 e. The molecule has 27 heavy (non-hydrogen) atoms. The fraction of sp³-hybridized carbons (Fsp3) is 0.250. The number of para-hydroxylation sites is 1. The number of hydrogen-bond donors (Lipinski definition) is 2. The summed E-state index contributed by atoms with van der Waals surface area (Å²) in [5, 5.41) is 5.47. The molecule has 2 aromatic carbocycles. The summed E-state index contributed by atoms with van der Waals surface area (Å²) in [7, 11) is 0. The highest BCUT2D eigenvalue weighted by atomic mass is 32.2. The lowest BCUT2D eigenvalue weighted by Gasteiger charge is -2.13. The van der Waals surface area contributed by atoms with Crippen LogP contribution in [0.2, 0.25) is 0 Å². The molecule has 2 amide bonds. The van der Waals surface area contributed by atoms with Crippen molar-refractivity contribution in [2.75, 3.05) is 11.1 Å². The van der Waals surface area contributed by atoms with Crippen LogP contribution < -0.4 is 10.6 Å². The highest BCUT2D eigenvalue weighted by Gasteiger charge is 2.15. The van der Waals surface area contributed by atoms with Crippen molar-refractivity contribution < 1.29 is 18.8 Å². The van der Waals surface area contributed by atoms with Crippen LogP contribution in [-0.2, 0) is 4.79 Å². The van der Waals surface area contributed by atoms with Crippen LogP contribution in [0.1, 0.15) is 41.5 Å². The zero-order valence-corrected chi connectivity index (χ0v) is 16.2. The molecule has 0 fully saturated rings. The van der Waals surface area contributed by atoms with E-state index >= 15 is 0 Å². The highest BCUT2D eigenvalue weighted by molar-refractivity contribution is 8.00. The number of carbonyl (C=O) groups is 3. The van der Waals surface area contributed by atoms with Gasteiger partial charge in [0.05, 0.1) is 17.0 Å². The van der Waals surface area contributed by atoms with E-state index in [-0.39, 0.29) is 39.9 Å². The maximum atomic E-state index is 14.0. The zero-order chi connectivity index (χ0) is 20.0. The van der Waals surface area contributed by atoms with Crippen LogP contribution in [-0.4, -0.2) is 29.4 Å². The summed E-state index contributed by atoms with van der Waals surface area (Å²) in [6, 6.07) is 10.8. The van der Waals surface area contributed by atoms with Crippen LogP contribution in [0.15, 0.2) is 47.4 Å². The van der Waals surface area contributed by atoms with E-state index in [1.54, 1.807) is 24.3 Å². The molecule has 0 radical (unpaired) electrons. The van der Waals surface area contributed by atoms with Crippen molar-refractivity contribution in [3.05, 3.63) is 59.4 Å². The Balaban J connectivity index is 2.03. The van der Waals surface area contributed by atoms with Crippen molar-refractivity contribution in [1.29, 1.82) is 0 Å². The van der Waals surface area contributed by atoms with Gasteiger partial charge in [0.2, 0.25) is 5.91 Å². The first kappa shape index (κ1) is 20.6. The van der Waals surface area contributed by atoms with Gasteiger partial charge >= 0.3 is 0 Å². The molecule has 0 atom stereocenters. The molecule has 0 saturated heterocycles. The van der Waals surface area contributed by atoms with Crippen LogP contribution >= 0.6 is 11.8 Å². The molecule has 2 rings (SSSR count). The Morgan fingerprint density at radius 1 is 1.11 bits per heavy atom. The van der Waals surface area contributed by atoms with Crippen molar-refractivity contribution in [3.8, 4) is 0 Å². The molecule has 142 valence electrons. The summed E-state index contributed by atoms with van der Waals surface area (Å²) in [5.74, 6) is -1.44. The number of hydrogen-bond acceptors (Lipinski definition) is 4. The van der Waals surface area contributed by atoms with Crippen LogP contribution in [0.25, 0.3) is 0 Å². The number of benzene rings is 2. The molecular weight excluding hydrogens is 367 g/mol. The lowest BCUT2D eigenvalue weighted by molar-refractivity contribution is -0.113. The molecular formula is C20H21FN2O3S. The summed E-state index contributed by atoms with van der Waals surface area (Å²) in [4.78, 5) is 36.0. The van der Waals surface area contributed by atoms with Crippen LogP contribution in [0.4, 0.5) is 10.1 Å². The summed E-state index contributed by atoms with van der Waals surface area (Å²) in [6.07, 6.45) is 0. The van der Waals surface area contributed by atoms with Gasteiger partial charge in [0.25, 0.3) is 5.91 Å². The predicted molar refractivity (Wildman–Crippen MR) is 105 cm³/mol. The maximum Gasteiger partial charge on any atom is 0.253 e. The number of amides is 2. The molecule has 5 nitrogen and oxygen atoms in total. The first-order valence-corrected chi connectivity index (χ1v) is 9.39. The first-order chi connectivity index (χ1) is 12.8. The van der Waals surface area contributed by atoms with Gasteiger partial charge in [-0.05, 0) is 45.0 Å². The monoisotopic (exact) mass is 388 g/mol. The summed E-state index contributed by atoms with van der Waals surface area (Å²) < 4.78 is 14.0. The molecule has 0 saturated carbocycles. The van der Waals surface area contributed by atoms with Crippen LogP contribution in [0.5, 0.6) is 0 Å². The Hall–Kier alpha value is -2.67. The predicted octanol–water partition coefficient (Wildman–Crippen LogP) is 3.90. The molecule has 0 spiro atoms. The van der Waals surface area contributed by atoms with E-state index in [1.807, 2.05) is 13.8 Å². The van der Waals surface area contributed by atoms with Crippen LogP contribution in [0, 0.1) is 5.82 Å². The minimum absolute atomic E-state index is 0.0298. The number of rotatable bonds is 7. The zero-order valence-electron chi connectivity index (χ0n) is 15.3. The number of ketones is 1. The van der Waals surface area contributed by atoms with E-state index in [0.717, 1.165) is 17.8 Å². The quantitative estimate of drug-likeness (QED) is 0.557. The molecule has 0 aliphatic heterocycles. The van der Waals surface area contributed by atoms with Crippen molar-refractivity contribution in [1.82, 2.24) is 5.32 Å². The smallest absolute Gasteiger partial charge is 0.253 e. The Kier molecular flexibility index (Phi) is 7.12. The highest BCUT2D eigenvalue weighted by Crippen LogP contribution is 2.23. The average Bonchev–Trinajstić information content (AvgIpc) is 2.60. The lowest BCUT2D eigenvalue weighted by atomic mass is 10.1. The van der Waals surface area contributed by atoms with Crippen molar-refractivity contribution in [3.63, 3.8) is 0 Å². The second-order valence-corrected chi connectivity index (χ2v) is 7.23. The molecule has 0 aromatic heterocycles. The fourth-order valence-electron chi connectivity index (χ4n) is 2.30. The molecule has 0 aliphatic rings. The molecule has 2 N–H and O–H groups in total. The molecule has 0 aliphatic carbocycles. The van der Waals surface area contributed by atoms with E-state index in [0.29, 0.717) is 11.3 Å². The van der Waals surface area contributed by atoms with Gasteiger partial charge in [0.15, 0.2) is 5.78 Å². The van der Waals surface area contributed by atoms with Gasteiger partial charge in [-0.1, -0.05) is 18.2 Å². The van der Waals surface area contributed by atoms with E-state index in [2.05, 4.69) is 10.6 Å². The van der Waals surface area contributed by atoms with Crippen molar-refractivity contribution in [2.45, 2.75) is 31.7 Å². The number of anilines is 1. The third-order valence-electron chi connectivity index (χ3n) is 3.56. The van der Waals surface area contributed by atoms with Crippen molar-refractivity contribution >= 4 is 35.0 Å². The van der Waals surface area contributed by atoms with Gasteiger partial charge in [-0.3, -0.25) is 14.4 Å². The van der Waals surface area contributed by atoms with Gasteiger partial charge in [-0.25, -0.2) is 4.39 Å². The topological polar surface area (TPSA) is 75.3 Å². The summed E-state index contributed by atoms with van der Waals surface area (Å²) in [5.41, 5.74) is 1.04. The molecule has 0 bridgehead atoms. The van der Waals surface area contributed by atoms with Gasteiger partial charge in [0.1, 0.15) is 5.82 Å². The Morgan fingerprint density at radius 2 is 1.81 bits per heavy atom. The minimum atomic E-state index is -0.544. The lowest BCUT2D eigenvalue weighted by Crippen LogP contribution is -2.31. The van der Waals surface area contributed by atoms with Gasteiger partial charge in [-0.15, -0.1) is 11.8 Å². The van der Waals surface area contributed by atoms with E-state index in [1.165, 1.54) is 19.1 Å². The number of thioether (sulfide) groups is 1. The number of nitrogens with one attached hydrogen (secondary N) is 2. The fourth-order valence-corrected chi connectivity index (χ4v) is 3.02. The third kappa shape index (κ3) is 5.92. The van der Waals surface area contributed by atoms with E-state index in [9.17, 15) is 18.8 Å². The second kappa shape index (κ2) is 9.32. The molecule has 7 heteroatoms. The van der Waals surface area contributed by atoms with E-state index in [4.69, 9.17) is 0 Å². The minimum Gasteiger partial charge on any atom is -0.350 e. The number of carbonyl (C=O) groups excluding carboxylic acids is 3.